The van der Waals surface area contributed by atoms with Crippen LogP contribution in [0.15, 0.2) is 42.5 Å². The number of ether oxygens (including phenoxy) is 1. The van der Waals surface area contributed by atoms with Gasteiger partial charge < -0.3 is 4.74 Å². The number of alkyl halides is 3. The standard InChI is InChI=1S/C25H28ClF3N2OSi/c1-16(2)33(17(3)4,18(5)6)14-13-24-30-21-9-7-8-10-22(21)31(24)19-11-12-23(20(26)15-19)32-25(27,28)29/h7-12,15-18H,1-6H3. The van der Waals surface area contributed by atoms with Crippen molar-refractivity contribution in [1.82, 2.24) is 9.55 Å². The van der Waals surface area contributed by atoms with Crippen molar-refractivity contribution in [3.05, 3.63) is 53.3 Å². The van der Waals surface area contributed by atoms with E-state index in [2.05, 4.69) is 57.7 Å². The molecule has 1 heterocycles. The van der Waals surface area contributed by atoms with Gasteiger partial charge in [-0.25, -0.2) is 4.98 Å². The van der Waals surface area contributed by atoms with Gasteiger partial charge in [-0.1, -0.05) is 65.3 Å². The smallest absolute Gasteiger partial charge is 0.404 e. The van der Waals surface area contributed by atoms with Crippen molar-refractivity contribution in [3.63, 3.8) is 0 Å². The second-order valence-electron chi connectivity index (χ2n) is 9.07. The lowest BCUT2D eigenvalue weighted by Gasteiger charge is -2.38. The molecule has 0 atom stereocenters. The zero-order chi connectivity index (χ0) is 24.6. The van der Waals surface area contributed by atoms with Crippen molar-refractivity contribution in [2.24, 2.45) is 0 Å². The van der Waals surface area contributed by atoms with Crippen molar-refractivity contribution in [3.8, 4) is 22.9 Å². The Morgan fingerprint density at radius 2 is 1.58 bits per heavy atom. The van der Waals surface area contributed by atoms with Gasteiger partial charge in [-0.15, -0.1) is 18.7 Å². The van der Waals surface area contributed by atoms with E-state index in [1.807, 2.05) is 28.8 Å². The van der Waals surface area contributed by atoms with E-state index >= 15 is 0 Å². The fourth-order valence-electron chi connectivity index (χ4n) is 4.80. The molecule has 0 saturated carbocycles. The molecule has 176 valence electrons. The van der Waals surface area contributed by atoms with Crippen LogP contribution in [0.1, 0.15) is 47.4 Å². The SMILES string of the molecule is CC(C)[Si](C#Cc1nc2ccccc2n1-c1ccc(OC(F)(F)F)c(Cl)c1)(C(C)C)C(C)C. The zero-order valence-corrected chi connectivity index (χ0v) is 21.3. The summed E-state index contributed by atoms with van der Waals surface area (Å²) in [7, 11) is -2.02. The highest BCUT2D eigenvalue weighted by molar-refractivity contribution is 6.90. The summed E-state index contributed by atoms with van der Waals surface area (Å²) in [4.78, 5) is 4.74. The lowest BCUT2D eigenvalue weighted by molar-refractivity contribution is -0.274. The first-order valence-corrected chi connectivity index (χ1v) is 13.5. The number of halogens is 4. The maximum atomic E-state index is 12.7. The summed E-state index contributed by atoms with van der Waals surface area (Å²) in [6, 6.07) is 11.8. The average Bonchev–Trinajstić information content (AvgIpc) is 3.06. The Morgan fingerprint density at radius 1 is 0.970 bits per heavy atom. The molecule has 0 aliphatic carbocycles. The molecule has 3 aromatic rings. The molecule has 0 unspecified atom stereocenters. The van der Waals surface area contributed by atoms with Crippen LogP contribution in [0.4, 0.5) is 13.2 Å². The van der Waals surface area contributed by atoms with E-state index in [9.17, 15) is 13.2 Å². The van der Waals surface area contributed by atoms with Crippen LogP contribution in [-0.4, -0.2) is 24.0 Å². The Balaban J connectivity index is 2.20. The van der Waals surface area contributed by atoms with Gasteiger partial charge in [0.05, 0.1) is 21.7 Å². The molecule has 0 amide bonds. The van der Waals surface area contributed by atoms with Crippen LogP contribution in [-0.2, 0) is 0 Å². The Hall–Kier alpha value is -2.43. The summed E-state index contributed by atoms with van der Waals surface area (Å²) in [6.07, 6.45) is -4.82. The van der Waals surface area contributed by atoms with Gasteiger partial charge in [0.15, 0.2) is 5.82 Å². The van der Waals surface area contributed by atoms with E-state index in [4.69, 9.17) is 16.6 Å². The zero-order valence-electron chi connectivity index (χ0n) is 19.6. The summed E-state index contributed by atoms with van der Waals surface area (Å²) in [5.41, 5.74) is 7.16. The first-order valence-electron chi connectivity index (χ1n) is 10.9. The third kappa shape index (κ3) is 5.07. The Labute approximate surface area is 198 Å². The van der Waals surface area contributed by atoms with Crippen LogP contribution in [0.2, 0.25) is 21.6 Å². The quantitative estimate of drug-likeness (QED) is 0.265. The fourth-order valence-corrected chi connectivity index (χ4v) is 10.2. The molecule has 3 nitrogen and oxygen atoms in total. The first-order chi connectivity index (χ1) is 15.4. The third-order valence-electron chi connectivity index (χ3n) is 6.22. The molecule has 0 radical (unpaired) electrons. The number of imidazole rings is 1. The van der Waals surface area contributed by atoms with Gasteiger partial charge in [0.25, 0.3) is 0 Å². The van der Waals surface area contributed by atoms with Gasteiger partial charge in [0.1, 0.15) is 13.8 Å². The van der Waals surface area contributed by atoms with Crippen molar-refractivity contribution in [1.29, 1.82) is 0 Å². The number of rotatable bonds is 5. The number of para-hydroxylation sites is 2. The van der Waals surface area contributed by atoms with Gasteiger partial charge >= 0.3 is 6.36 Å². The van der Waals surface area contributed by atoms with Crippen LogP contribution >= 0.6 is 11.6 Å². The minimum Gasteiger partial charge on any atom is -0.404 e. The minimum absolute atomic E-state index is 0.142. The highest BCUT2D eigenvalue weighted by Crippen LogP contribution is 2.41. The van der Waals surface area contributed by atoms with E-state index in [0.29, 0.717) is 28.1 Å². The number of fused-ring (bicyclic) bond motifs is 1. The molecule has 0 spiro atoms. The molecule has 0 aliphatic heterocycles. The lowest BCUT2D eigenvalue weighted by Crippen LogP contribution is -2.43. The average molecular weight is 493 g/mol. The van der Waals surface area contributed by atoms with Gasteiger partial charge in [0, 0.05) is 0 Å². The normalized spacial score (nSPS) is 12.5. The molecule has 8 heteroatoms. The summed E-state index contributed by atoms with van der Waals surface area (Å²) >= 11 is 6.14. The van der Waals surface area contributed by atoms with Crippen LogP contribution in [0.25, 0.3) is 16.7 Å². The van der Waals surface area contributed by atoms with E-state index in [1.165, 1.54) is 18.2 Å². The Bertz CT molecular complexity index is 1180. The highest BCUT2D eigenvalue weighted by atomic mass is 35.5. The fraction of sp³-hybridized carbons (Fsp3) is 0.400. The maximum absolute atomic E-state index is 12.7. The first kappa shape index (κ1) is 25.2. The minimum atomic E-state index is -4.82. The topological polar surface area (TPSA) is 27.1 Å². The lowest BCUT2D eigenvalue weighted by atomic mass is 10.2. The number of hydrogen-bond acceptors (Lipinski definition) is 2. The summed E-state index contributed by atoms with van der Waals surface area (Å²) in [5, 5.41) is -0.142. The largest absolute Gasteiger partial charge is 0.573 e. The van der Waals surface area contributed by atoms with Crippen LogP contribution < -0.4 is 4.74 Å². The van der Waals surface area contributed by atoms with Gasteiger partial charge in [-0.05, 0) is 52.9 Å². The molecule has 0 fully saturated rings. The molecule has 33 heavy (non-hydrogen) atoms. The van der Waals surface area contributed by atoms with Crippen molar-refractivity contribution in [2.75, 3.05) is 0 Å². The van der Waals surface area contributed by atoms with Crippen molar-refractivity contribution >= 4 is 30.7 Å². The van der Waals surface area contributed by atoms with E-state index in [1.54, 1.807) is 0 Å². The summed E-state index contributed by atoms with van der Waals surface area (Å²) in [6.45, 7) is 13.4. The molecule has 2 aromatic carbocycles. The van der Waals surface area contributed by atoms with Gasteiger partial charge in [-0.2, -0.15) is 0 Å². The number of aromatic nitrogens is 2. The van der Waals surface area contributed by atoms with E-state index < -0.39 is 20.2 Å². The molecule has 0 saturated heterocycles. The number of nitrogens with zero attached hydrogens (tertiary/aromatic N) is 2. The van der Waals surface area contributed by atoms with Crippen molar-refractivity contribution in [2.45, 2.75) is 64.5 Å². The summed E-state index contributed by atoms with van der Waals surface area (Å²) < 4.78 is 43.8. The van der Waals surface area contributed by atoms with Gasteiger partial charge in [0.2, 0.25) is 0 Å². The molecule has 0 aliphatic rings. The summed E-state index contributed by atoms with van der Waals surface area (Å²) in [5.74, 6) is 3.46. The Morgan fingerprint density at radius 3 is 2.12 bits per heavy atom. The van der Waals surface area contributed by atoms with Crippen LogP contribution in [0.3, 0.4) is 0 Å². The second kappa shape index (κ2) is 9.44. The van der Waals surface area contributed by atoms with Crippen LogP contribution in [0.5, 0.6) is 5.75 Å². The molecular weight excluding hydrogens is 465 g/mol. The van der Waals surface area contributed by atoms with E-state index in [0.717, 1.165) is 11.0 Å². The third-order valence-corrected chi connectivity index (χ3v) is 12.8. The molecule has 3 rings (SSSR count). The molecular formula is C25H28ClF3N2OSi. The predicted octanol–water partition coefficient (Wildman–Crippen LogP) is 8.15. The molecule has 1 aromatic heterocycles. The monoisotopic (exact) mass is 492 g/mol. The van der Waals surface area contributed by atoms with E-state index in [-0.39, 0.29) is 5.02 Å². The van der Waals surface area contributed by atoms with Gasteiger partial charge in [-0.3, -0.25) is 4.57 Å². The molecule has 0 bridgehead atoms. The Kier molecular flexibility index (Phi) is 7.20. The van der Waals surface area contributed by atoms with Crippen LogP contribution in [0, 0.1) is 11.5 Å². The molecule has 0 N–H and O–H groups in total. The predicted molar refractivity (Wildman–Crippen MR) is 131 cm³/mol. The van der Waals surface area contributed by atoms with Crippen molar-refractivity contribution < 1.29 is 17.9 Å². The number of benzene rings is 2. The highest BCUT2D eigenvalue weighted by Gasteiger charge is 2.41. The maximum Gasteiger partial charge on any atom is 0.573 e. The second-order valence-corrected chi connectivity index (χ2v) is 15.1. The number of hydrogen-bond donors (Lipinski definition) is 0.